The monoisotopic (exact) mass is 166 g/mol. The maximum absolute atomic E-state index is 10.7. The summed E-state index contributed by atoms with van der Waals surface area (Å²) in [5.41, 5.74) is 1.41. The molecule has 0 unspecified atom stereocenters. The first-order valence-electron chi connectivity index (χ1n) is 4.52. The molecule has 0 spiro atoms. The Labute approximate surface area is 72.6 Å². The van der Waals surface area contributed by atoms with Gasteiger partial charge < -0.3 is 9.53 Å². The standard InChI is InChI=1S/C10H14O2/c1-7-2-3-8(4-11)10-6-12-5-9(7)10/h2,4,8-10H,3,5-6H2,1H3/t8-,9-,10-/m0/s1. The maximum atomic E-state index is 10.7. The predicted molar refractivity (Wildman–Crippen MR) is 45.7 cm³/mol. The predicted octanol–water partition coefficient (Wildman–Crippen LogP) is 1.41. The Bertz CT molecular complexity index is 220. The molecule has 12 heavy (non-hydrogen) atoms. The maximum Gasteiger partial charge on any atom is 0.123 e. The second-order valence-electron chi connectivity index (χ2n) is 3.79. The summed E-state index contributed by atoms with van der Waals surface area (Å²) in [6, 6.07) is 0. The first-order chi connectivity index (χ1) is 5.83. The molecule has 0 radical (unpaired) electrons. The number of hydrogen-bond donors (Lipinski definition) is 0. The second-order valence-corrected chi connectivity index (χ2v) is 3.79. The Morgan fingerprint density at radius 1 is 1.58 bits per heavy atom. The van der Waals surface area contributed by atoms with Crippen LogP contribution in [0.1, 0.15) is 13.3 Å². The fourth-order valence-electron chi connectivity index (χ4n) is 2.27. The highest BCUT2D eigenvalue weighted by Crippen LogP contribution is 2.37. The molecule has 0 saturated carbocycles. The number of allylic oxidation sites excluding steroid dienone is 1. The van der Waals surface area contributed by atoms with E-state index in [2.05, 4.69) is 13.0 Å². The van der Waals surface area contributed by atoms with Gasteiger partial charge in [0.2, 0.25) is 0 Å². The molecule has 2 nitrogen and oxygen atoms in total. The molecule has 2 rings (SSSR count). The van der Waals surface area contributed by atoms with Gasteiger partial charge in [-0.05, 0) is 13.3 Å². The van der Waals surface area contributed by atoms with Crippen molar-refractivity contribution in [1.29, 1.82) is 0 Å². The van der Waals surface area contributed by atoms with Crippen LogP contribution in [-0.2, 0) is 9.53 Å². The normalized spacial score (nSPS) is 40.4. The average molecular weight is 166 g/mol. The van der Waals surface area contributed by atoms with E-state index in [1.165, 1.54) is 5.57 Å². The molecule has 1 aliphatic heterocycles. The molecule has 1 aliphatic carbocycles. The summed E-state index contributed by atoms with van der Waals surface area (Å²) in [6.45, 7) is 3.74. The molecule has 2 heteroatoms. The second kappa shape index (κ2) is 3.02. The van der Waals surface area contributed by atoms with E-state index in [1.54, 1.807) is 0 Å². The minimum Gasteiger partial charge on any atom is -0.380 e. The van der Waals surface area contributed by atoms with E-state index in [9.17, 15) is 4.79 Å². The summed E-state index contributed by atoms with van der Waals surface area (Å²) in [7, 11) is 0. The summed E-state index contributed by atoms with van der Waals surface area (Å²) in [5.74, 6) is 1.20. The largest absolute Gasteiger partial charge is 0.380 e. The fraction of sp³-hybridized carbons (Fsp3) is 0.700. The van der Waals surface area contributed by atoms with Crippen LogP contribution in [-0.4, -0.2) is 19.5 Å². The molecule has 1 saturated heterocycles. The van der Waals surface area contributed by atoms with Gasteiger partial charge in [0.1, 0.15) is 6.29 Å². The lowest BCUT2D eigenvalue weighted by Gasteiger charge is -2.27. The van der Waals surface area contributed by atoms with E-state index >= 15 is 0 Å². The summed E-state index contributed by atoms with van der Waals surface area (Å²) < 4.78 is 5.39. The number of fused-ring (bicyclic) bond motifs is 1. The molecule has 0 N–H and O–H groups in total. The summed E-state index contributed by atoms with van der Waals surface area (Å²) in [5, 5.41) is 0. The van der Waals surface area contributed by atoms with Crippen molar-refractivity contribution in [2.24, 2.45) is 17.8 Å². The number of aldehydes is 1. The molecule has 2 aliphatic rings. The van der Waals surface area contributed by atoms with Gasteiger partial charge in [-0.2, -0.15) is 0 Å². The lowest BCUT2D eigenvalue weighted by Crippen LogP contribution is -2.27. The van der Waals surface area contributed by atoms with Crippen molar-refractivity contribution in [3.63, 3.8) is 0 Å². The van der Waals surface area contributed by atoms with E-state index in [4.69, 9.17) is 4.74 Å². The van der Waals surface area contributed by atoms with Crippen LogP contribution in [0, 0.1) is 17.8 Å². The van der Waals surface area contributed by atoms with Crippen molar-refractivity contribution in [2.45, 2.75) is 13.3 Å². The highest BCUT2D eigenvalue weighted by atomic mass is 16.5. The van der Waals surface area contributed by atoms with Crippen LogP contribution in [0.2, 0.25) is 0 Å². The molecule has 0 amide bonds. The van der Waals surface area contributed by atoms with E-state index in [0.717, 1.165) is 25.9 Å². The van der Waals surface area contributed by atoms with Gasteiger partial charge in [0.15, 0.2) is 0 Å². The van der Waals surface area contributed by atoms with Gasteiger partial charge >= 0.3 is 0 Å². The van der Waals surface area contributed by atoms with Crippen LogP contribution in [0.4, 0.5) is 0 Å². The molecular weight excluding hydrogens is 152 g/mol. The summed E-state index contributed by atoms with van der Waals surface area (Å²) in [4.78, 5) is 10.7. The SMILES string of the molecule is CC1=CC[C@@H](C=O)[C@@H]2COC[C@@H]12. The quantitative estimate of drug-likeness (QED) is 0.435. The van der Waals surface area contributed by atoms with Crippen LogP contribution < -0.4 is 0 Å². The Kier molecular flexibility index (Phi) is 2.01. The first kappa shape index (κ1) is 7.99. The van der Waals surface area contributed by atoms with Crippen LogP contribution in [0.5, 0.6) is 0 Å². The van der Waals surface area contributed by atoms with Gasteiger partial charge in [0.25, 0.3) is 0 Å². The van der Waals surface area contributed by atoms with Gasteiger partial charge in [-0.25, -0.2) is 0 Å². The molecule has 0 aromatic carbocycles. The molecule has 3 atom stereocenters. The van der Waals surface area contributed by atoms with Crippen LogP contribution in [0.15, 0.2) is 11.6 Å². The zero-order chi connectivity index (χ0) is 8.55. The third kappa shape index (κ3) is 1.11. The van der Waals surface area contributed by atoms with Crippen molar-refractivity contribution < 1.29 is 9.53 Å². The zero-order valence-corrected chi connectivity index (χ0v) is 7.32. The minimum atomic E-state index is 0.209. The van der Waals surface area contributed by atoms with Gasteiger partial charge in [-0.15, -0.1) is 0 Å². The Hall–Kier alpha value is -0.630. The van der Waals surface area contributed by atoms with Crippen molar-refractivity contribution in [3.05, 3.63) is 11.6 Å². The van der Waals surface area contributed by atoms with Crippen LogP contribution >= 0.6 is 0 Å². The third-order valence-electron chi connectivity index (χ3n) is 3.15. The van der Waals surface area contributed by atoms with Gasteiger partial charge in [-0.3, -0.25) is 0 Å². The Morgan fingerprint density at radius 2 is 2.42 bits per heavy atom. The van der Waals surface area contributed by atoms with E-state index in [1.807, 2.05) is 0 Å². The highest BCUT2D eigenvalue weighted by Gasteiger charge is 2.37. The lowest BCUT2D eigenvalue weighted by molar-refractivity contribution is -0.112. The fourth-order valence-corrected chi connectivity index (χ4v) is 2.27. The number of ether oxygens (including phenoxy) is 1. The summed E-state index contributed by atoms with van der Waals surface area (Å²) >= 11 is 0. The van der Waals surface area contributed by atoms with Gasteiger partial charge in [-0.1, -0.05) is 11.6 Å². The topological polar surface area (TPSA) is 26.3 Å². The smallest absolute Gasteiger partial charge is 0.123 e. The Morgan fingerprint density at radius 3 is 3.17 bits per heavy atom. The van der Waals surface area contributed by atoms with Crippen LogP contribution in [0.3, 0.4) is 0 Å². The molecule has 1 fully saturated rings. The molecule has 0 aromatic heterocycles. The number of rotatable bonds is 1. The van der Waals surface area contributed by atoms with Crippen molar-refractivity contribution in [3.8, 4) is 0 Å². The minimum absolute atomic E-state index is 0.209. The zero-order valence-electron chi connectivity index (χ0n) is 7.32. The van der Waals surface area contributed by atoms with Crippen LogP contribution in [0.25, 0.3) is 0 Å². The molecule has 1 heterocycles. The number of carbonyl (C=O) groups is 1. The van der Waals surface area contributed by atoms with Crippen molar-refractivity contribution >= 4 is 6.29 Å². The number of carbonyl (C=O) groups excluding carboxylic acids is 1. The Balaban J connectivity index is 2.21. The summed E-state index contributed by atoms with van der Waals surface area (Å²) in [6.07, 6.45) is 4.20. The van der Waals surface area contributed by atoms with E-state index in [-0.39, 0.29) is 5.92 Å². The van der Waals surface area contributed by atoms with E-state index in [0.29, 0.717) is 11.8 Å². The number of hydrogen-bond acceptors (Lipinski definition) is 2. The first-order valence-corrected chi connectivity index (χ1v) is 4.52. The molecule has 66 valence electrons. The van der Waals surface area contributed by atoms with Gasteiger partial charge in [0.05, 0.1) is 13.2 Å². The molecule has 0 aromatic rings. The van der Waals surface area contributed by atoms with Crippen molar-refractivity contribution in [2.75, 3.05) is 13.2 Å². The molecule has 0 bridgehead atoms. The average Bonchev–Trinajstić information content (AvgIpc) is 2.54. The van der Waals surface area contributed by atoms with Crippen molar-refractivity contribution in [1.82, 2.24) is 0 Å². The van der Waals surface area contributed by atoms with E-state index < -0.39 is 0 Å². The lowest BCUT2D eigenvalue weighted by atomic mass is 9.75. The molecular formula is C10H14O2. The highest BCUT2D eigenvalue weighted by molar-refractivity contribution is 5.55. The van der Waals surface area contributed by atoms with Gasteiger partial charge in [0, 0.05) is 17.8 Å². The third-order valence-corrected chi connectivity index (χ3v) is 3.15.